The lowest BCUT2D eigenvalue weighted by Crippen LogP contribution is -3.15. The van der Waals surface area contributed by atoms with Crippen molar-refractivity contribution in [3.63, 3.8) is 0 Å². The van der Waals surface area contributed by atoms with E-state index in [1.165, 1.54) is 41.9 Å². The number of hydrogen-bond acceptors (Lipinski definition) is 6. The number of ether oxygens (including phenoxy) is 2. The number of fused-ring (bicyclic) bond motifs is 1. The van der Waals surface area contributed by atoms with Gasteiger partial charge in [-0.05, 0) is 60.2 Å². The fraction of sp³-hybridized carbons (Fsp3) is 0.136. The summed E-state index contributed by atoms with van der Waals surface area (Å²) in [6, 6.07) is 14.9. The van der Waals surface area contributed by atoms with E-state index in [9.17, 15) is 18.4 Å². The minimum Gasteiger partial charge on any atom is -0.497 e. The second-order valence-electron chi connectivity index (χ2n) is 6.79. The Morgan fingerprint density at radius 2 is 1.81 bits per heavy atom. The molecule has 7 nitrogen and oxygen atoms in total. The molecule has 1 aromatic heterocycles. The summed E-state index contributed by atoms with van der Waals surface area (Å²) in [5, 5.41) is 2.63. The number of rotatable bonds is 7. The number of halogens is 2. The van der Waals surface area contributed by atoms with Gasteiger partial charge in [-0.1, -0.05) is 0 Å². The number of quaternary nitrogens is 1. The zero-order chi connectivity index (χ0) is 22.7. The SMILES string of the molecule is COc1ccc(-c2cc3c(s2)C(=O)[NH+](CC(=O)Nc2ccc(OC(F)F)cc2)C=N3)cc1. The average Bonchev–Trinajstić information content (AvgIpc) is 3.22. The van der Waals surface area contributed by atoms with Gasteiger partial charge in [0.2, 0.25) is 0 Å². The zero-order valence-electron chi connectivity index (χ0n) is 16.8. The third-order valence-corrected chi connectivity index (χ3v) is 5.83. The van der Waals surface area contributed by atoms with Crippen molar-refractivity contribution in [2.45, 2.75) is 6.61 Å². The number of benzene rings is 2. The number of carbonyl (C=O) groups excluding carboxylic acids is 2. The zero-order valence-corrected chi connectivity index (χ0v) is 17.6. The molecule has 1 unspecified atom stereocenters. The van der Waals surface area contributed by atoms with Gasteiger partial charge in [0.1, 0.15) is 11.5 Å². The number of anilines is 1. The molecule has 2 amide bonds. The molecule has 0 aliphatic carbocycles. The number of thiophene rings is 1. The third kappa shape index (κ3) is 4.82. The molecule has 1 aliphatic heterocycles. The van der Waals surface area contributed by atoms with Gasteiger partial charge in [0.25, 0.3) is 5.91 Å². The van der Waals surface area contributed by atoms with E-state index in [1.807, 2.05) is 30.3 Å². The highest BCUT2D eigenvalue weighted by Gasteiger charge is 2.31. The van der Waals surface area contributed by atoms with Crippen LogP contribution in [0.25, 0.3) is 10.4 Å². The van der Waals surface area contributed by atoms with Crippen LogP contribution in [0.3, 0.4) is 0 Å². The number of nitrogens with one attached hydrogen (secondary N) is 2. The fourth-order valence-electron chi connectivity index (χ4n) is 3.11. The Labute approximate surface area is 185 Å². The van der Waals surface area contributed by atoms with E-state index in [0.717, 1.165) is 16.2 Å². The molecule has 3 aromatic rings. The lowest BCUT2D eigenvalue weighted by molar-refractivity contribution is -0.694. The second-order valence-corrected chi connectivity index (χ2v) is 7.85. The first-order valence-corrected chi connectivity index (χ1v) is 10.3. The smallest absolute Gasteiger partial charge is 0.387 e. The molecule has 10 heteroatoms. The Morgan fingerprint density at radius 3 is 2.47 bits per heavy atom. The van der Waals surface area contributed by atoms with E-state index in [0.29, 0.717) is 16.3 Å². The molecule has 32 heavy (non-hydrogen) atoms. The van der Waals surface area contributed by atoms with Gasteiger partial charge in [0.15, 0.2) is 17.8 Å². The molecular weight excluding hydrogens is 440 g/mol. The predicted octanol–water partition coefficient (Wildman–Crippen LogP) is 3.36. The maximum absolute atomic E-state index is 12.9. The quantitative estimate of drug-likeness (QED) is 0.569. The average molecular weight is 458 g/mol. The molecule has 2 N–H and O–H groups in total. The van der Waals surface area contributed by atoms with Crippen molar-refractivity contribution in [3.8, 4) is 21.9 Å². The first-order valence-electron chi connectivity index (χ1n) is 9.50. The van der Waals surface area contributed by atoms with Gasteiger partial charge in [-0.3, -0.25) is 4.79 Å². The van der Waals surface area contributed by atoms with Crippen molar-refractivity contribution in [2.75, 3.05) is 19.0 Å². The van der Waals surface area contributed by atoms with E-state index >= 15 is 0 Å². The molecule has 0 spiro atoms. The Kier molecular flexibility index (Phi) is 6.24. The second kappa shape index (κ2) is 9.25. The first-order chi connectivity index (χ1) is 15.4. The molecule has 0 bridgehead atoms. The van der Waals surface area contributed by atoms with Gasteiger partial charge in [0.05, 0.1) is 12.8 Å². The Morgan fingerprint density at radius 1 is 1.12 bits per heavy atom. The van der Waals surface area contributed by atoms with Crippen LogP contribution in [0.4, 0.5) is 20.2 Å². The van der Waals surface area contributed by atoms with Crippen molar-refractivity contribution in [1.29, 1.82) is 0 Å². The van der Waals surface area contributed by atoms with E-state index in [4.69, 9.17) is 4.74 Å². The van der Waals surface area contributed by atoms with Crippen LogP contribution in [0.1, 0.15) is 9.67 Å². The number of aliphatic imine (C=N–C) groups is 1. The van der Waals surface area contributed by atoms with E-state index in [1.54, 1.807) is 7.11 Å². The molecular formula is C22H18F2N3O4S+. The summed E-state index contributed by atoms with van der Waals surface area (Å²) in [4.78, 5) is 31.3. The normalized spacial score (nSPS) is 14.9. The van der Waals surface area contributed by atoms with E-state index < -0.39 is 12.5 Å². The Bertz CT molecular complexity index is 1160. The Balaban J connectivity index is 1.41. The van der Waals surface area contributed by atoms with Gasteiger partial charge in [0, 0.05) is 10.6 Å². The van der Waals surface area contributed by atoms with Crippen molar-refractivity contribution in [2.24, 2.45) is 4.99 Å². The van der Waals surface area contributed by atoms with Crippen molar-refractivity contribution in [3.05, 3.63) is 59.5 Å². The number of methoxy groups -OCH3 is 1. The summed E-state index contributed by atoms with van der Waals surface area (Å²) in [5.41, 5.74) is 1.91. The lowest BCUT2D eigenvalue weighted by atomic mass is 10.1. The van der Waals surface area contributed by atoms with Gasteiger partial charge < -0.3 is 14.8 Å². The molecule has 0 radical (unpaired) electrons. The lowest BCUT2D eigenvalue weighted by Gasteiger charge is -2.14. The highest BCUT2D eigenvalue weighted by molar-refractivity contribution is 7.18. The summed E-state index contributed by atoms with van der Waals surface area (Å²) in [6.07, 6.45) is 1.41. The number of alkyl halides is 2. The van der Waals surface area contributed by atoms with Gasteiger partial charge >= 0.3 is 12.5 Å². The molecule has 4 rings (SSSR count). The van der Waals surface area contributed by atoms with Crippen LogP contribution in [0, 0.1) is 0 Å². The summed E-state index contributed by atoms with van der Waals surface area (Å²) in [6.45, 7) is -3.08. The minimum absolute atomic E-state index is 0.0140. The van der Waals surface area contributed by atoms with Crippen LogP contribution in [0.5, 0.6) is 11.5 Å². The highest BCUT2D eigenvalue weighted by atomic mass is 32.1. The molecule has 1 atom stereocenters. The van der Waals surface area contributed by atoms with Crippen molar-refractivity contribution < 1.29 is 32.7 Å². The molecule has 0 saturated carbocycles. The monoisotopic (exact) mass is 458 g/mol. The topological polar surface area (TPSA) is 81.4 Å². The van der Waals surface area contributed by atoms with Gasteiger partial charge in [-0.25, -0.2) is 14.7 Å². The number of amides is 2. The van der Waals surface area contributed by atoms with Crippen LogP contribution in [-0.4, -0.2) is 38.4 Å². The van der Waals surface area contributed by atoms with Crippen molar-refractivity contribution in [1.82, 2.24) is 0 Å². The Hall–Kier alpha value is -3.63. The molecule has 2 aromatic carbocycles. The van der Waals surface area contributed by atoms with Gasteiger partial charge in [-0.2, -0.15) is 8.78 Å². The van der Waals surface area contributed by atoms with Crippen LogP contribution in [0.15, 0.2) is 59.6 Å². The van der Waals surface area contributed by atoms with Crippen LogP contribution in [0.2, 0.25) is 0 Å². The molecule has 164 valence electrons. The number of hydrogen-bond donors (Lipinski definition) is 2. The number of nitrogens with zero attached hydrogens (tertiary/aromatic N) is 1. The van der Waals surface area contributed by atoms with E-state index in [2.05, 4.69) is 15.0 Å². The molecule has 0 saturated heterocycles. The first kappa shape index (κ1) is 21.6. The fourth-order valence-corrected chi connectivity index (χ4v) is 4.20. The van der Waals surface area contributed by atoms with E-state index in [-0.39, 0.29) is 23.1 Å². The predicted molar refractivity (Wildman–Crippen MR) is 116 cm³/mol. The largest absolute Gasteiger partial charge is 0.497 e. The van der Waals surface area contributed by atoms with Crippen LogP contribution in [-0.2, 0) is 4.79 Å². The summed E-state index contributed by atoms with van der Waals surface area (Å²) >= 11 is 1.32. The number of carbonyl (C=O) groups is 2. The summed E-state index contributed by atoms with van der Waals surface area (Å²) < 4.78 is 33.9. The highest BCUT2D eigenvalue weighted by Crippen LogP contribution is 2.37. The van der Waals surface area contributed by atoms with Crippen molar-refractivity contribution >= 4 is 40.9 Å². The summed E-state index contributed by atoms with van der Waals surface area (Å²) in [7, 11) is 1.59. The maximum Gasteiger partial charge on any atom is 0.387 e. The molecule has 0 fully saturated rings. The van der Waals surface area contributed by atoms with Gasteiger partial charge in [-0.15, -0.1) is 11.3 Å². The molecule has 1 aliphatic rings. The maximum atomic E-state index is 12.9. The molecule has 2 heterocycles. The standard InChI is InChI=1S/C22H17F2N3O4S/c1-30-15-6-2-13(3-7-15)18-10-17-20(32-18)21(29)27(12-25-17)11-19(28)26-14-4-8-16(9-5-14)31-22(23)24/h2-10,12,22H,11H2,1H3,(H,26,28)/p+1. The summed E-state index contributed by atoms with van der Waals surface area (Å²) in [5.74, 6) is 0.0649. The minimum atomic E-state index is -2.92. The van der Waals surface area contributed by atoms with Crippen LogP contribution >= 0.6 is 11.3 Å². The third-order valence-electron chi connectivity index (χ3n) is 4.66. The van der Waals surface area contributed by atoms with Crippen LogP contribution < -0.4 is 19.7 Å².